The zero-order chi connectivity index (χ0) is 12.7. The second kappa shape index (κ2) is 6.84. The quantitative estimate of drug-likeness (QED) is 0.562. The zero-order valence-electron chi connectivity index (χ0n) is 9.56. The van der Waals surface area contributed by atoms with Gasteiger partial charge in [-0.1, -0.05) is 12.2 Å². The van der Waals surface area contributed by atoms with Gasteiger partial charge in [-0.15, -0.1) is 0 Å². The van der Waals surface area contributed by atoms with Gasteiger partial charge in [-0.05, 0) is 6.92 Å². The van der Waals surface area contributed by atoms with Crippen molar-refractivity contribution in [2.45, 2.75) is 19.4 Å². The number of carbonyl (C=O) groups excluding carboxylic acids is 1. The minimum Gasteiger partial charge on any atom is -0.479 e. The predicted molar refractivity (Wildman–Crippen MR) is 59.1 cm³/mol. The maximum Gasteiger partial charge on any atom is 0.332 e. The number of carbonyl (C=O) groups is 2. The molecule has 3 N–H and O–H groups in total. The van der Waals surface area contributed by atoms with E-state index in [1.165, 1.54) is 4.90 Å². The van der Waals surface area contributed by atoms with Crippen LogP contribution in [0.1, 0.15) is 13.3 Å². The van der Waals surface area contributed by atoms with Crippen molar-refractivity contribution in [1.82, 2.24) is 10.2 Å². The van der Waals surface area contributed by atoms with E-state index < -0.39 is 12.1 Å². The van der Waals surface area contributed by atoms with Crippen molar-refractivity contribution >= 4 is 12.0 Å². The number of hydrogen-bond acceptors (Lipinski definition) is 3. The molecule has 0 aromatic heterocycles. The van der Waals surface area contributed by atoms with Crippen LogP contribution in [-0.4, -0.2) is 53.4 Å². The lowest BCUT2D eigenvalue weighted by molar-refractivity contribution is -0.146. The van der Waals surface area contributed by atoms with Gasteiger partial charge in [0.25, 0.3) is 0 Å². The molecule has 1 atom stereocenters. The SMILES string of the molecule is C=C(C)CN(C)C(=O)NCCC(O)C(=O)O. The van der Waals surface area contributed by atoms with Crippen molar-refractivity contribution in [3.63, 3.8) is 0 Å². The van der Waals surface area contributed by atoms with Gasteiger partial charge >= 0.3 is 12.0 Å². The third-order valence-electron chi connectivity index (χ3n) is 1.83. The average molecular weight is 230 g/mol. The van der Waals surface area contributed by atoms with Crippen molar-refractivity contribution in [2.75, 3.05) is 20.1 Å². The van der Waals surface area contributed by atoms with E-state index in [0.29, 0.717) is 6.54 Å². The molecule has 16 heavy (non-hydrogen) atoms. The van der Waals surface area contributed by atoms with E-state index in [1.807, 2.05) is 0 Å². The Labute approximate surface area is 94.6 Å². The topological polar surface area (TPSA) is 89.9 Å². The average Bonchev–Trinajstić information content (AvgIpc) is 2.15. The number of urea groups is 1. The number of carboxylic acid groups (broad SMARTS) is 1. The summed E-state index contributed by atoms with van der Waals surface area (Å²) >= 11 is 0. The fourth-order valence-corrected chi connectivity index (χ4v) is 1.05. The molecule has 0 aliphatic heterocycles. The van der Waals surface area contributed by atoms with Gasteiger partial charge < -0.3 is 20.4 Å². The molecule has 6 nitrogen and oxygen atoms in total. The number of amides is 2. The third-order valence-corrected chi connectivity index (χ3v) is 1.83. The molecule has 6 heteroatoms. The van der Waals surface area contributed by atoms with Crippen molar-refractivity contribution in [3.8, 4) is 0 Å². The monoisotopic (exact) mass is 230 g/mol. The molecule has 92 valence electrons. The first kappa shape index (κ1) is 14.4. The molecule has 0 bridgehead atoms. The summed E-state index contributed by atoms with van der Waals surface area (Å²) in [5, 5.41) is 19.8. The highest BCUT2D eigenvalue weighted by Crippen LogP contribution is 1.94. The van der Waals surface area contributed by atoms with Crippen molar-refractivity contribution in [3.05, 3.63) is 12.2 Å². The van der Waals surface area contributed by atoms with E-state index in [9.17, 15) is 9.59 Å². The summed E-state index contributed by atoms with van der Waals surface area (Å²) in [5.41, 5.74) is 0.850. The first-order valence-corrected chi connectivity index (χ1v) is 4.88. The van der Waals surface area contributed by atoms with Crippen LogP contribution in [0.2, 0.25) is 0 Å². The van der Waals surface area contributed by atoms with Gasteiger partial charge in [0.2, 0.25) is 0 Å². The van der Waals surface area contributed by atoms with Gasteiger partial charge in [0, 0.05) is 26.6 Å². The Morgan fingerprint density at radius 2 is 2.06 bits per heavy atom. The summed E-state index contributed by atoms with van der Waals surface area (Å²) in [4.78, 5) is 23.1. The Hall–Kier alpha value is -1.56. The summed E-state index contributed by atoms with van der Waals surface area (Å²) in [7, 11) is 1.61. The summed E-state index contributed by atoms with van der Waals surface area (Å²) < 4.78 is 0. The van der Waals surface area contributed by atoms with E-state index in [1.54, 1.807) is 14.0 Å². The molecule has 0 aromatic carbocycles. The van der Waals surface area contributed by atoms with Crippen LogP contribution < -0.4 is 5.32 Å². The maximum atomic E-state index is 11.4. The normalized spacial score (nSPS) is 11.7. The highest BCUT2D eigenvalue weighted by atomic mass is 16.4. The maximum absolute atomic E-state index is 11.4. The second-order valence-electron chi connectivity index (χ2n) is 3.69. The standard InChI is InChI=1S/C10H18N2O4/c1-7(2)6-12(3)10(16)11-5-4-8(13)9(14)15/h8,13H,1,4-6H2,2-3H3,(H,11,16)(H,14,15). The van der Waals surface area contributed by atoms with Crippen molar-refractivity contribution in [1.29, 1.82) is 0 Å². The zero-order valence-corrected chi connectivity index (χ0v) is 9.56. The molecule has 0 aliphatic rings. The van der Waals surface area contributed by atoms with Crippen LogP contribution in [-0.2, 0) is 4.79 Å². The van der Waals surface area contributed by atoms with E-state index in [4.69, 9.17) is 10.2 Å². The molecule has 2 amide bonds. The van der Waals surface area contributed by atoms with Crippen LogP contribution in [0.15, 0.2) is 12.2 Å². The summed E-state index contributed by atoms with van der Waals surface area (Å²) in [6.45, 7) is 6.03. The van der Waals surface area contributed by atoms with Crippen LogP contribution in [0.5, 0.6) is 0 Å². The number of rotatable bonds is 6. The summed E-state index contributed by atoms with van der Waals surface area (Å²) in [6.07, 6.45) is -1.45. The number of hydrogen-bond donors (Lipinski definition) is 3. The molecular formula is C10H18N2O4. The van der Waals surface area contributed by atoms with Crippen molar-refractivity contribution < 1.29 is 19.8 Å². The highest BCUT2D eigenvalue weighted by Gasteiger charge is 2.13. The summed E-state index contributed by atoms with van der Waals surface area (Å²) in [6, 6.07) is -0.319. The number of likely N-dealkylation sites (N-methyl/N-ethyl adjacent to an activating group) is 1. The third kappa shape index (κ3) is 6.02. The van der Waals surface area contributed by atoms with Gasteiger partial charge in [-0.2, -0.15) is 0 Å². The molecule has 1 unspecified atom stereocenters. The molecule has 0 saturated heterocycles. The number of nitrogens with zero attached hydrogens (tertiary/aromatic N) is 1. The molecule has 0 aromatic rings. The van der Waals surface area contributed by atoms with Crippen LogP contribution in [0, 0.1) is 0 Å². The Bertz CT molecular complexity index is 278. The van der Waals surface area contributed by atoms with Gasteiger partial charge in [0.1, 0.15) is 0 Å². The van der Waals surface area contributed by atoms with E-state index >= 15 is 0 Å². The number of aliphatic hydroxyl groups is 1. The Kier molecular flexibility index (Phi) is 6.17. The molecule has 0 fully saturated rings. The van der Waals surface area contributed by atoms with E-state index in [0.717, 1.165) is 5.57 Å². The lowest BCUT2D eigenvalue weighted by Gasteiger charge is -2.18. The number of aliphatic hydroxyl groups excluding tert-OH is 1. The van der Waals surface area contributed by atoms with Crippen LogP contribution >= 0.6 is 0 Å². The van der Waals surface area contributed by atoms with Gasteiger partial charge in [-0.25, -0.2) is 9.59 Å². The molecular weight excluding hydrogens is 212 g/mol. The number of aliphatic carboxylic acids is 1. The fraction of sp³-hybridized carbons (Fsp3) is 0.600. The van der Waals surface area contributed by atoms with Crippen LogP contribution in [0.3, 0.4) is 0 Å². The predicted octanol–water partition coefficient (Wildman–Crippen LogP) is 0.0395. The minimum atomic E-state index is -1.44. The Balaban J connectivity index is 3.81. The van der Waals surface area contributed by atoms with Crippen LogP contribution in [0.4, 0.5) is 4.79 Å². The lowest BCUT2D eigenvalue weighted by Crippen LogP contribution is -2.39. The minimum absolute atomic E-state index is 0.0119. The van der Waals surface area contributed by atoms with Gasteiger partial charge in [-0.3, -0.25) is 0 Å². The largest absolute Gasteiger partial charge is 0.479 e. The van der Waals surface area contributed by atoms with E-state index in [2.05, 4.69) is 11.9 Å². The Morgan fingerprint density at radius 3 is 2.50 bits per heavy atom. The first-order valence-electron chi connectivity index (χ1n) is 4.88. The number of carboxylic acids is 1. The smallest absolute Gasteiger partial charge is 0.332 e. The molecule has 0 rings (SSSR count). The molecule has 0 heterocycles. The first-order chi connectivity index (χ1) is 7.34. The molecule has 0 saturated carbocycles. The fourth-order valence-electron chi connectivity index (χ4n) is 1.05. The number of nitrogens with one attached hydrogen (secondary N) is 1. The summed E-state index contributed by atoms with van der Waals surface area (Å²) in [5.74, 6) is -1.29. The second-order valence-corrected chi connectivity index (χ2v) is 3.69. The molecule has 0 aliphatic carbocycles. The van der Waals surface area contributed by atoms with E-state index in [-0.39, 0.29) is 19.0 Å². The lowest BCUT2D eigenvalue weighted by atomic mass is 10.2. The van der Waals surface area contributed by atoms with Crippen molar-refractivity contribution in [2.24, 2.45) is 0 Å². The van der Waals surface area contributed by atoms with Crippen LogP contribution in [0.25, 0.3) is 0 Å². The van der Waals surface area contributed by atoms with Gasteiger partial charge in [0.05, 0.1) is 0 Å². The molecule has 0 radical (unpaired) electrons. The van der Waals surface area contributed by atoms with Gasteiger partial charge in [0.15, 0.2) is 6.10 Å². The Morgan fingerprint density at radius 1 is 1.50 bits per heavy atom. The highest BCUT2D eigenvalue weighted by molar-refractivity contribution is 5.74. The molecule has 0 spiro atoms.